The molecule has 0 fully saturated rings. The van der Waals surface area contributed by atoms with E-state index in [0.717, 1.165) is 28.1 Å². The number of hydrogen-bond acceptors (Lipinski definition) is 3. The van der Waals surface area contributed by atoms with Crippen molar-refractivity contribution in [2.75, 3.05) is 26.1 Å². The highest BCUT2D eigenvalue weighted by Crippen LogP contribution is 2.36. The van der Waals surface area contributed by atoms with E-state index in [1.54, 1.807) is 7.11 Å². The minimum atomic E-state index is 0.529. The van der Waals surface area contributed by atoms with E-state index < -0.39 is 0 Å². The van der Waals surface area contributed by atoms with Crippen molar-refractivity contribution in [2.45, 2.75) is 6.54 Å². The van der Waals surface area contributed by atoms with Crippen molar-refractivity contribution in [2.24, 2.45) is 5.73 Å². The summed E-state index contributed by atoms with van der Waals surface area (Å²) in [6.07, 6.45) is 0. The van der Waals surface area contributed by atoms with Gasteiger partial charge in [0.25, 0.3) is 0 Å². The van der Waals surface area contributed by atoms with E-state index >= 15 is 0 Å². The predicted molar refractivity (Wildman–Crippen MR) is 80.6 cm³/mol. The lowest BCUT2D eigenvalue weighted by Gasteiger charge is -2.19. The average molecular weight is 256 g/mol. The van der Waals surface area contributed by atoms with Gasteiger partial charge in [0.2, 0.25) is 0 Å². The number of hydrogen-bond donors (Lipinski definition) is 1. The highest BCUT2D eigenvalue weighted by molar-refractivity contribution is 5.82. The Labute approximate surface area is 114 Å². The number of ether oxygens (including phenoxy) is 1. The van der Waals surface area contributed by atoms with Crippen LogP contribution >= 0.6 is 0 Å². The van der Waals surface area contributed by atoms with Crippen LogP contribution in [0.4, 0.5) is 5.69 Å². The van der Waals surface area contributed by atoms with Gasteiger partial charge in [-0.05, 0) is 23.8 Å². The number of anilines is 1. The Kier molecular flexibility index (Phi) is 4.07. The first-order valence-corrected chi connectivity index (χ1v) is 6.31. The molecule has 2 rings (SSSR count). The van der Waals surface area contributed by atoms with Crippen LogP contribution in [0.3, 0.4) is 0 Å². The van der Waals surface area contributed by atoms with E-state index in [4.69, 9.17) is 10.5 Å². The fraction of sp³-hybridized carbons (Fsp3) is 0.250. The van der Waals surface area contributed by atoms with Gasteiger partial charge >= 0.3 is 0 Å². The molecule has 0 aliphatic carbocycles. The Bertz CT molecular complexity index is 564. The van der Waals surface area contributed by atoms with Gasteiger partial charge in [-0.15, -0.1) is 0 Å². The normalized spacial score (nSPS) is 10.3. The first-order chi connectivity index (χ1) is 9.17. The number of para-hydroxylation sites is 1. The van der Waals surface area contributed by atoms with Crippen LogP contribution in [0.2, 0.25) is 0 Å². The lowest BCUT2D eigenvalue weighted by molar-refractivity contribution is 0.416. The van der Waals surface area contributed by atoms with Crippen molar-refractivity contribution < 1.29 is 4.74 Å². The van der Waals surface area contributed by atoms with Crippen molar-refractivity contribution in [3.8, 4) is 16.9 Å². The van der Waals surface area contributed by atoms with Crippen LogP contribution < -0.4 is 15.4 Å². The van der Waals surface area contributed by atoms with Gasteiger partial charge in [-0.3, -0.25) is 0 Å². The van der Waals surface area contributed by atoms with E-state index in [1.165, 1.54) is 0 Å². The van der Waals surface area contributed by atoms with E-state index in [1.807, 2.05) is 38.4 Å². The molecule has 0 atom stereocenters. The first kappa shape index (κ1) is 13.4. The number of nitrogens with two attached hydrogens (primary N) is 1. The second kappa shape index (κ2) is 5.76. The van der Waals surface area contributed by atoms with Crippen LogP contribution in [0.1, 0.15) is 5.56 Å². The summed E-state index contributed by atoms with van der Waals surface area (Å²) in [6, 6.07) is 14.4. The molecule has 0 spiro atoms. The molecule has 0 amide bonds. The van der Waals surface area contributed by atoms with E-state index in [2.05, 4.69) is 23.1 Å². The molecule has 2 aromatic carbocycles. The van der Waals surface area contributed by atoms with Crippen LogP contribution in [-0.2, 0) is 6.54 Å². The topological polar surface area (TPSA) is 38.5 Å². The maximum Gasteiger partial charge on any atom is 0.126 e. The molecule has 0 saturated heterocycles. The standard InChI is InChI=1S/C16H20N2O/c1-18(2)15-7-5-4-6-13(15)14-10-12(11-17)8-9-16(14)19-3/h4-10H,11,17H2,1-3H3. The Morgan fingerprint density at radius 1 is 1.05 bits per heavy atom. The molecule has 0 bridgehead atoms. The Balaban J connectivity index is 2.63. The molecule has 0 saturated carbocycles. The third-order valence-electron chi connectivity index (χ3n) is 3.18. The van der Waals surface area contributed by atoms with Gasteiger partial charge in [0.1, 0.15) is 5.75 Å². The summed E-state index contributed by atoms with van der Waals surface area (Å²) in [7, 11) is 5.77. The summed E-state index contributed by atoms with van der Waals surface area (Å²) in [5.74, 6) is 0.867. The summed E-state index contributed by atoms with van der Waals surface area (Å²) in [5, 5.41) is 0. The predicted octanol–water partition coefficient (Wildman–Crippen LogP) is 2.89. The molecule has 3 heteroatoms. The third kappa shape index (κ3) is 2.71. The maximum atomic E-state index is 5.73. The van der Waals surface area contributed by atoms with Crippen LogP contribution in [0.25, 0.3) is 11.1 Å². The van der Waals surface area contributed by atoms with Crippen molar-refractivity contribution >= 4 is 5.69 Å². The van der Waals surface area contributed by atoms with Crippen molar-refractivity contribution in [1.82, 2.24) is 0 Å². The van der Waals surface area contributed by atoms with Crippen molar-refractivity contribution in [3.63, 3.8) is 0 Å². The second-order valence-corrected chi connectivity index (χ2v) is 4.65. The molecule has 0 aromatic heterocycles. The van der Waals surface area contributed by atoms with Crippen LogP contribution in [0, 0.1) is 0 Å². The molecular formula is C16H20N2O. The molecule has 2 aromatic rings. The lowest BCUT2D eigenvalue weighted by Crippen LogP contribution is -2.10. The van der Waals surface area contributed by atoms with Crippen LogP contribution in [0.15, 0.2) is 42.5 Å². The smallest absolute Gasteiger partial charge is 0.126 e. The number of benzene rings is 2. The summed E-state index contributed by atoms with van der Waals surface area (Å²) >= 11 is 0. The summed E-state index contributed by atoms with van der Waals surface area (Å²) in [6.45, 7) is 0.529. The lowest BCUT2D eigenvalue weighted by atomic mass is 9.99. The molecule has 19 heavy (non-hydrogen) atoms. The largest absolute Gasteiger partial charge is 0.496 e. The quantitative estimate of drug-likeness (QED) is 0.914. The number of rotatable bonds is 4. The maximum absolute atomic E-state index is 5.73. The minimum absolute atomic E-state index is 0.529. The highest BCUT2D eigenvalue weighted by atomic mass is 16.5. The average Bonchev–Trinajstić information content (AvgIpc) is 2.46. The van der Waals surface area contributed by atoms with Crippen LogP contribution in [0.5, 0.6) is 5.75 Å². The van der Waals surface area contributed by atoms with Crippen molar-refractivity contribution in [3.05, 3.63) is 48.0 Å². The molecule has 3 nitrogen and oxygen atoms in total. The third-order valence-corrected chi connectivity index (χ3v) is 3.18. The molecule has 2 N–H and O–H groups in total. The zero-order chi connectivity index (χ0) is 13.8. The molecule has 100 valence electrons. The second-order valence-electron chi connectivity index (χ2n) is 4.65. The van der Waals surface area contributed by atoms with Gasteiger partial charge in [0, 0.05) is 37.5 Å². The van der Waals surface area contributed by atoms with Crippen LogP contribution in [-0.4, -0.2) is 21.2 Å². The minimum Gasteiger partial charge on any atom is -0.496 e. The van der Waals surface area contributed by atoms with E-state index in [-0.39, 0.29) is 0 Å². The molecule has 0 aliphatic heterocycles. The molecular weight excluding hydrogens is 236 g/mol. The zero-order valence-electron chi connectivity index (χ0n) is 11.7. The van der Waals surface area contributed by atoms with Gasteiger partial charge in [-0.2, -0.15) is 0 Å². The fourth-order valence-electron chi connectivity index (χ4n) is 2.18. The molecule has 0 aliphatic rings. The monoisotopic (exact) mass is 256 g/mol. The highest BCUT2D eigenvalue weighted by Gasteiger charge is 2.11. The van der Waals surface area contributed by atoms with E-state index in [9.17, 15) is 0 Å². The Hall–Kier alpha value is -2.00. The van der Waals surface area contributed by atoms with E-state index in [0.29, 0.717) is 6.54 Å². The summed E-state index contributed by atoms with van der Waals surface area (Å²) in [4.78, 5) is 2.10. The molecule has 0 unspecified atom stereocenters. The SMILES string of the molecule is COc1ccc(CN)cc1-c1ccccc1N(C)C. The van der Waals surface area contributed by atoms with Gasteiger partial charge in [0.15, 0.2) is 0 Å². The summed E-state index contributed by atoms with van der Waals surface area (Å²) < 4.78 is 5.47. The number of nitrogens with zero attached hydrogens (tertiary/aromatic N) is 1. The van der Waals surface area contributed by atoms with Gasteiger partial charge in [-0.25, -0.2) is 0 Å². The molecule has 0 radical (unpaired) electrons. The van der Waals surface area contributed by atoms with Crippen molar-refractivity contribution in [1.29, 1.82) is 0 Å². The van der Waals surface area contributed by atoms with Gasteiger partial charge in [0.05, 0.1) is 7.11 Å². The summed E-state index contributed by atoms with van der Waals surface area (Å²) in [5.41, 5.74) is 10.2. The number of methoxy groups -OCH3 is 1. The first-order valence-electron chi connectivity index (χ1n) is 6.31. The Morgan fingerprint density at radius 2 is 1.79 bits per heavy atom. The molecule has 0 heterocycles. The Morgan fingerprint density at radius 3 is 2.42 bits per heavy atom. The fourth-order valence-corrected chi connectivity index (χ4v) is 2.18. The van der Waals surface area contributed by atoms with Gasteiger partial charge < -0.3 is 15.4 Å². The zero-order valence-corrected chi connectivity index (χ0v) is 11.7. The van der Waals surface area contributed by atoms with Gasteiger partial charge in [-0.1, -0.05) is 24.3 Å².